The summed E-state index contributed by atoms with van der Waals surface area (Å²) in [5, 5.41) is 12.6. The number of aliphatic hydroxyl groups excluding tert-OH is 1. The Hall–Kier alpha value is -1.49. The number of hydrogen-bond acceptors (Lipinski definition) is 3. The van der Waals surface area contributed by atoms with Gasteiger partial charge >= 0.3 is 0 Å². The number of carbonyl (C=O) groups is 1. The molecule has 1 amide bonds. The van der Waals surface area contributed by atoms with Crippen LogP contribution in [0.2, 0.25) is 0 Å². The lowest BCUT2D eigenvalue weighted by atomic mass is 9.85. The Morgan fingerprint density at radius 3 is 2.84 bits per heavy atom. The molecule has 1 aliphatic carbocycles. The Bertz CT molecular complexity index is 433. The van der Waals surface area contributed by atoms with E-state index in [1.54, 1.807) is 0 Å². The van der Waals surface area contributed by atoms with E-state index in [0.29, 0.717) is 0 Å². The van der Waals surface area contributed by atoms with Crippen molar-refractivity contribution < 1.29 is 14.3 Å². The summed E-state index contributed by atoms with van der Waals surface area (Å²) in [5.74, 6) is -0.871. The van der Waals surface area contributed by atoms with Crippen molar-refractivity contribution in [2.75, 3.05) is 6.54 Å². The van der Waals surface area contributed by atoms with Gasteiger partial charge in [-0.2, -0.15) is 4.39 Å². The molecule has 2 rings (SSSR count). The van der Waals surface area contributed by atoms with Crippen molar-refractivity contribution in [1.82, 2.24) is 10.3 Å². The van der Waals surface area contributed by atoms with Gasteiger partial charge in [0.05, 0.1) is 6.10 Å². The van der Waals surface area contributed by atoms with Gasteiger partial charge in [-0.3, -0.25) is 4.79 Å². The molecule has 19 heavy (non-hydrogen) atoms. The summed E-state index contributed by atoms with van der Waals surface area (Å²) in [6.07, 6.45) is 4.99. The fraction of sp³-hybridized carbons (Fsp3) is 0.571. The Labute approximate surface area is 112 Å². The SMILES string of the molecule is O=C(NCC(O)C1CCCCC1)c1cccc(F)n1. The molecule has 1 saturated carbocycles. The summed E-state index contributed by atoms with van der Waals surface area (Å²) in [4.78, 5) is 15.2. The normalized spacial score (nSPS) is 18.0. The van der Waals surface area contributed by atoms with Crippen molar-refractivity contribution in [3.05, 3.63) is 29.8 Å². The van der Waals surface area contributed by atoms with Crippen LogP contribution in [-0.4, -0.2) is 28.6 Å². The van der Waals surface area contributed by atoms with E-state index in [1.807, 2.05) is 0 Å². The van der Waals surface area contributed by atoms with Gasteiger partial charge in [0.2, 0.25) is 5.95 Å². The molecule has 0 saturated heterocycles. The zero-order chi connectivity index (χ0) is 13.7. The van der Waals surface area contributed by atoms with Crippen LogP contribution in [0.25, 0.3) is 0 Å². The van der Waals surface area contributed by atoms with Crippen LogP contribution in [0.15, 0.2) is 18.2 Å². The van der Waals surface area contributed by atoms with E-state index in [4.69, 9.17) is 0 Å². The topological polar surface area (TPSA) is 62.2 Å². The summed E-state index contributed by atoms with van der Waals surface area (Å²) < 4.78 is 12.9. The molecule has 1 unspecified atom stereocenters. The number of aliphatic hydroxyl groups is 1. The van der Waals surface area contributed by atoms with Crippen LogP contribution in [0.4, 0.5) is 4.39 Å². The van der Waals surface area contributed by atoms with Gasteiger partial charge in [0.1, 0.15) is 5.69 Å². The first kappa shape index (κ1) is 13.9. The number of nitrogens with one attached hydrogen (secondary N) is 1. The Morgan fingerprint density at radius 2 is 2.16 bits per heavy atom. The Morgan fingerprint density at radius 1 is 1.42 bits per heavy atom. The molecule has 4 nitrogen and oxygen atoms in total. The van der Waals surface area contributed by atoms with Gasteiger partial charge < -0.3 is 10.4 Å². The number of carbonyl (C=O) groups excluding carboxylic acids is 1. The minimum atomic E-state index is -0.680. The number of halogens is 1. The van der Waals surface area contributed by atoms with Crippen molar-refractivity contribution in [2.24, 2.45) is 5.92 Å². The number of pyridine rings is 1. The summed E-state index contributed by atoms with van der Waals surface area (Å²) in [7, 11) is 0. The first-order chi connectivity index (χ1) is 9.16. The highest BCUT2D eigenvalue weighted by atomic mass is 19.1. The van der Waals surface area contributed by atoms with E-state index in [-0.39, 0.29) is 18.2 Å². The first-order valence-electron chi connectivity index (χ1n) is 6.75. The van der Waals surface area contributed by atoms with E-state index in [1.165, 1.54) is 24.6 Å². The lowest BCUT2D eigenvalue weighted by Gasteiger charge is -2.26. The van der Waals surface area contributed by atoms with Crippen LogP contribution in [-0.2, 0) is 0 Å². The summed E-state index contributed by atoms with van der Waals surface area (Å²) in [6, 6.07) is 4.08. The molecule has 1 aromatic rings. The Balaban J connectivity index is 1.82. The minimum Gasteiger partial charge on any atom is -0.391 e. The number of aromatic nitrogens is 1. The summed E-state index contributed by atoms with van der Waals surface area (Å²) >= 11 is 0. The van der Waals surface area contributed by atoms with E-state index < -0.39 is 18.0 Å². The molecule has 1 atom stereocenters. The van der Waals surface area contributed by atoms with Crippen LogP contribution in [0.5, 0.6) is 0 Å². The lowest BCUT2D eigenvalue weighted by molar-refractivity contribution is 0.0735. The van der Waals surface area contributed by atoms with Gasteiger partial charge in [-0.1, -0.05) is 25.3 Å². The molecule has 0 radical (unpaired) electrons. The average molecular weight is 266 g/mol. The molecular formula is C14H19FN2O2. The molecule has 2 N–H and O–H groups in total. The second kappa shape index (κ2) is 6.61. The maximum Gasteiger partial charge on any atom is 0.270 e. The van der Waals surface area contributed by atoms with Crippen molar-refractivity contribution in [3.63, 3.8) is 0 Å². The van der Waals surface area contributed by atoms with Crippen molar-refractivity contribution in [3.8, 4) is 0 Å². The monoisotopic (exact) mass is 266 g/mol. The van der Waals surface area contributed by atoms with Gasteiger partial charge in [0.25, 0.3) is 5.91 Å². The van der Waals surface area contributed by atoms with Crippen molar-refractivity contribution in [1.29, 1.82) is 0 Å². The van der Waals surface area contributed by atoms with E-state index in [9.17, 15) is 14.3 Å². The highest BCUT2D eigenvalue weighted by Gasteiger charge is 2.22. The maximum atomic E-state index is 12.9. The maximum absolute atomic E-state index is 12.9. The molecule has 0 aromatic carbocycles. The van der Waals surface area contributed by atoms with Gasteiger partial charge in [0, 0.05) is 6.54 Å². The highest BCUT2D eigenvalue weighted by Crippen LogP contribution is 2.26. The zero-order valence-electron chi connectivity index (χ0n) is 10.8. The molecule has 0 spiro atoms. The first-order valence-corrected chi connectivity index (χ1v) is 6.75. The van der Waals surface area contributed by atoms with Crippen LogP contribution >= 0.6 is 0 Å². The third kappa shape index (κ3) is 3.99. The molecule has 1 heterocycles. The van der Waals surface area contributed by atoms with Gasteiger partial charge in [0.15, 0.2) is 0 Å². The van der Waals surface area contributed by atoms with Crippen molar-refractivity contribution >= 4 is 5.91 Å². The minimum absolute atomic E-state index is 0.0378. The molecule has 1 fully saturated rings. The fourth-order valence-electron chi connectivity index (χ4n) is 2.51. The molecular weight excluding hydrogens is 247 g/mol. The van der Waals surface area contributed by atoms with E-state index >= 15 is 0 Å². The van der Waals surface area contributed by atoms with Crippen LogP contribution in [0.1, 0.15) is 42.6 Å². The third-order valence-electron chi connectivity index (χ3n) is 3.61. The highest BCUT2D eigenvalue weighted by molar-refractivity contribution is 5.92. The fourth-order valence-corrected chi connectivity index (χ4v) is 2.51. The van der Waals surface area contributed by atoms with E-state index in [0.717, 1.165) is 25.7 Å². The van der Waals surface area contributed by atoms with Gasteiger partial charge in [-0.05, 0) is 30.9 Å². The second-order valence-corrected chi connectivity index (χ2v) is 5.02. The molecule has 104 valence electrons. The molecule has 0 bridgehead atoms. The molecule has 1 aliphatic rings. The van der Waals surface area contributed by atoms with Gasteiger partial charge in [-0.15, -0.1) is 0 Å². The number of amides is 1. The summed E-state index contributed by atoms with van der Waals surface area (Å²) in [5.41, 5.74) is 0.0378. The predicted molar refractivity (Wildman–Crippen MR) is 69.1 cm³/mol. The molecule has 0 aliphatic heterocycles. The number of hydrogen-bond donors (Lipinski definition) is 2. The second-order valence-electron chi connectivity index (χ2n) is 5.02. The number of rotatable bonds is 4. The lowest BCUT2D eigenvalue weighted by Crippen LogP contribution is -2.37. The molecule has 5 heteroatoms. The van der Waals surface area contributed by atoms with Crippen LogP contribution in [0.3, 0.4) is 0 Å². The quantitative estimate of drug-likeness (QED) is 0.818. The molecule has 1 aromatic heterocycles. The van der Waals surface area contributed by atoms with Crippen molar-refractivity contribution in [2.45, 2.75) is 38.2 Å². The van der Waals surface area contributed by atoms with Crippen LogP contribution < -0.4 is 5.32 Å². The van der Waals surface area contributed by atoms with E-state index in [2.05, 4.69) is 10.3 Å². The summed E-state index contributed by atoms with van der Waals surface area (Å²) in [6.45, 7) is 0.196. The Kier molecular flexibility index (Phi) is 4.85. The average Bonchev–Trinajstić information content (AvgIpc) is 2.45. The smallest absolute Gasteiger partial charge is 0.270 e. The largest absolute Gasteiger partial charge is 0.391 e. The third-order valence-corrected chi connectivity index (χ3v) is 3.61. The standard InChI is InChI=1S/C14H19FN2O2/c15-13-8-4-7-11(17-13)14(19)16-9-12(18)10-5-2-1-3-6-10/h4,7-8,10,12,18H,1-3,5-6,9H2,(H,16,19). The van der Waals surface area contributed by atoms with Gasteiger partial charge in [-0.25, -0.2) is 4.98 Å². The predicted octanol–water partition coefficient (Wildman–Crippen LogP) is 1.89. The number of nitrogens with zero attached hydrogens (tertiary/aromatic N) is 1. The van der Waals surface area contributed by atoms with Crippen LogP contribution in [0, 0.1) is 11.9 Å². The zero-order valence-corrected chi connectivity index (χ0v) is 10.8.